The molecule has 0 heterocycles. The van der Waals surface area contributed by atoms with Gasteiger partial charge in [0.25, 0.3) is 0 Å². The lowest BCUT2D eigenvalue weighted by molar-refractivity contribution is -0.146. The van der Waals surface area contributed by atoms with Crippen LogP contribution in [0.4, 0.5) is 10.5 Å². The van der Waals surface area contributed by atoms with E-state index in [1.54, 1.807) is 31.2 Å². The maximum absolute atomic E-state index is 12.5. The number of carboxylic acid groups (broad SMARTS) is 1. The SMILES string of the molecule is CC(C(=O)NCC(O)C(=O)O)c1ccc(NC(=O)OCC2c3ccccc3-c3ccccc32)cc1. The smallest absolute Gasteiger partial charge is 0.411 e. The molecule has 4 N–H and O–H groups in total. The number of hydrogen-bond donors (Lipinski definition) is 4. The summed E-state index contributed by atoms with van der Waals surface area (Å²) in [6.07, 6.45) is -2.23. The maximum atomic E-state index is 12.5. The fourth-order valence-electron chi connectivity index (χ4n) is 4.20. The van der Waals surface area contributed by atoms with Crippen molar-refractivity contribution in [2.75, 3.05) is 18.5 Å². The Balaban J connectivity index is 1.32. The molecule has 1 aliphatic rings. The molecule has 2 unspecified atom stereocenters. The molecule has 2 amide bonds. The summed E-state index contributed by atoms with van der Waals surface area (Å²) in [5, 5.41) is 23.1. The number of hydrogen-bond acceptors (Lipinski definition) is 5. The second kappa shape index (κ2) is 10.4. The number of aliphatic carboxylic acids is 1. The number of benzene rings is 3. The van der Waals surface area contributed by atoms with Crippen LogP contribution in [0.15, 0.2) is 72.8 Å². The van der Waals surface area contributed by atoms with Gasteiger partial charge in [0.2, 0.25) is 5.91 Å². The van der Waals surface area contributed by atoms with Gasteiger partial charge in [0.05, 0.1) is 12.5 Å². The lowest BCUT2D eigenvalue weighted by Crippen LogP contribution is -2.38. The minimum atomic E-state index is -1.66. The van der Waals surface area contributed by atoms with Gasteiger partial charge in [-0.25, -0.2) is 9.59 Å². The van der Waals surface area contributed by atoms with E-state index in [-0.39, 0.29) is 19.1 Å². The Morgan fingerprint density at radius 2 is 1.49 bits per heavy atom. The Kier molecular flexibility index (Phi) is 7.12. The first-order valence-corrected chi connectivity index (χ1v) is 11.3. The molecule has 0 saturated heterocycles. The van der Waals surface area contributed by atoms with Gasteiger partial charge in [-0.1, -0.05) is 60.7 Å². The van der Waals surface area contributed by atoms with Crippen molar-refractivity contribution in [3.05, 3.63) is 89.5 Å². The summed E-state index contributed by atoms with van der Waals surface area (Å²) < 4.78 is 5.55. The van der Waals surface area contributed by atoms with E-state index in [2.05, 4.69) is 34.9 Å². The molecular formula is C27H26N2O6. The Bertz CT molecular complexity index is 1190. The summed E-state index contributed by atoms with van der Waals surface area (Å²) in [6, 6.07) is 22.9. The fraction of sp³-hybridized carbons (Fsp3) is 0.222. The Hall–Kier alpha value is -4.17. The van der Waals surface area contributed by atoms with Gasteiger partial charge in [-0.05, 0) is 46.9 Å². The van der Waals surface area contributed by atoms with Gasteiger partial charge in [-0.2, -0.15) is 0 Å². The number of fused-ring (bicyclic) bond motifs is 3. The number of anilines is 1. The van der Waals surface area contributed by atoms with Crippen LogP contribution in [0.1, 0.15) is 35.4 Å². The molecule has 0 bridgehead atoms. The molecule has 3 aromatic rings. The number of carbonyl (C=O) groups excluding carboxylic acids is 2. The van der Waals surface area contributed by atoms with E-state index in [0.29, 0.717) is 11.3 Å². The van der Waals surface area contributed by atoms with Gasteiger partial charge in [0.15, 0.2) is 6.10 Å². The quantitative estimate of drug-likeness (QED) is 0.394. The molecule has 3 aromatic carbocycles. The highest BCUT2D eigenvalue weighted by Gasteiger charge is 2.29. The number of rotatable bonds is 8. The van der Waals surface area contributed by atoms with Crippen molar-refractivity contribution in [1.29, 1.82) is 0 Å². The van der Waals surface area contributed by atoms with E-state index < -0.39 is 30.0 Å². The largest absolute Gasteiger partial charge is 0.479 e. The van der Waals surface area contributed by atoms with E-state index in [1.807, 2.05) is 24.3 Å². The lowest BCUT2D eigenvalue weighted by Gasteiger charge is -2.15. The van der Waals surface area contributed by atoms with Gasteiger partial charge >= 0.3 is 12.1 Å². The molecule has 8 nitrogen and oxygen atoms in total. The predicted molar refractivity (Wildman–Crippen MR) is 130 cm³/mol. The van der Waals surface area contributed by atoms with Gasteiger partial charge < -0.3 is 20.3 Å². The van der Waals surface area contributed by atoms with Crippen LogP contribution in [0, 0.1) is 0 Å². The van der Waals surface area contributed by atoms with E-state index in [1.165, 1.54) is 0 Å². The number of carboxylic acids is 1. The molecule has 1 aliphatic carbocycles. The number of nitrogens with one attached hydrogen (secondary N) is 2. The van der Waals surface area contributed by atoms with Crippen LogP contribution in [-0.4, -0.2) is 47.4 Å². The summed E-state index contributed by atoms with van der Waals surface area (Å²) in [5.41, 5.74) is 5.76. The first-order valence-electron chi connectivity index (χ1n) is 11.3. The highest BCUT2D eigenvalue weighted by molar-refractivity contribution is 5.86. The van der Waals surface area contributed by atoms with Crippen LogP contribution in [0.3, 0.4) is 0 Å². The van der Waals surface area contributed by atoms with Gasteiger partial charge in [0.1, 0.15) is 6.61 Å². The molecule has 8 heteroatoms. The zero-order chi connectivity index (χ0) is 24.9. The summed E-state index contributed by atoms with van der Waals surface area (Å²) in [4.78, 5) is 35.3. The van der Waals surface area contributed by atoms with Crippen LogP contribution in [0.2, 0.25) is 0 Å². The minimum Gasteiger partial charge on any atom is -0.479 e. The van der Waals surface area contributed by atoms with Crippen LogP contribution < -0.4 is 10.6 Å². The van der Waals surface area contributed by atoms with Gasteiger partial charge in [-0.3, -0.25) is 10.1 Å². The standard InChI is InChI=1S/C27H26N2O6/c1-16(25(31)28-14-24(30)26(32)33)17-10-12-18(13-11-17)29-27(34)35-15-23-21-8-4-2-6-19(21)20-7-3-5-9-22(20)23/h2-13,16,23-24,30H,14-15H2,1H3,(H,28,31)(H,29,34)(H,32,33). The Labute approximate surface area is 202 Å². The zero-order valence-corrected chi connectivity index (χ0v) is 19.1. The third kappa shape index (κ3) is 5.33. The third-order valence-electron chi connectivity index (χ3n) is 6.15. The van der Waals surface area contributed by atoms with Crippen LogP contribution in [-0.2, 0) is 14.3 Å². The first kappa shape index (κ1) is 24.0. The summed E-state index contributed by atoms with van der Waals surface area (Å²) >= 11 is 0. The highest BCUT2D eigenvalue weighted by atomic mass is 16.5. The van der Waals surface area contributed by atoms with Crippen molar-refractivity contribution in [3.8, 4) is 11.1 Å². The van der Waals surface area contributed by atoms with E-state index >= 15 is 0 Å². The van der Waals surface area contributed by atoms with Crippen molar-refractivity contribution in [1.82, 2.24) is 5.32 Å². The monoisotopic (exact) mass is 474 g/mol. The molecule has 180 valence electrons. The first-order chi connectivity index (χ1) is 16.8. The minimum absolute atomic E-state index is 0.0328. The zero-order valence-electron chi connectivity index (χ0n) is 19.1. The van der Waals surface area contributed by atoms with Crippen LogP contribution in [0.25, 0.3) is 11.1 Å². The summed E-state index contributed by atoms with van der Waals surface area (Å²) in [5.74, 6) is -2.42. The molecule has 0 saturated carbocycles. The van der Waals surface area contributed by atoms with Gasteiger partial charge in [-0.15, -0.1) is 0 Å². The number of carbonyl (C=O) groups is 3. The molecule has 0 aromatic heterocycles. The second-order valence-corrected chi connectivity index (χ2v) is 8.39. The fourth-order valence-corrected chi connectivity index (χ4v) is 4.20. The van der Waals surface area contributed by atoms with Crippen molar-refractivity contribution in [2.24, 2.45) is 0 Å². The second-order valence-electron chi connectivity index (χ2n) is 8.39. The van der Waals surface area contributed by atoms with Gasteiger partial charge in [0, 0.05) is 11.6 Å². The molecule has 4 rings (SSSR count). The van der Waals surface area contributed by atoms with Crippen molar-refractivity contribution in [3.63, 3.8) is 0 Å². The molecule has 0 aliphatic heterocycles. The topological polar surface area (TPSA) is 125 Å². The third-order valence-corrected chi connectivity index (χ3v) is 6.15. The predicted octanol–water partition coefficient (Wildman–Crippen LogP) is 3.71. The van der Waals surface area contributed by atoms with Crippen LogP contribution in [0.5, 0.6) is 0 Å². The summed E-state index contributed by atoms with van der Waals surface area (Å²) in [6.45, 7) is 1.49. The molecule has 0 fully saturated rings. The molecule has 35 heavy (non-hydrogen) atoms. The molecule has 2 atom stereocenters. The van der Waals surface area contributed by atoms with Crippen molar-refractivity contribution in [2.45, 2.75) is 24.9 Å². The van der Waals surface area contributed by atoms with E-state index in [4.69, 9.17) is 9.84 Å². The van der Waals surface area contributed by atoms with E-state index in [0.717, 1.165) is 22.3 Å². The Morgan fingerprint density at radius 3 is 2.06 bits per heavy atom. The normalized spacial score (nSPS) is 13.8. The average Bonchev–Trinajstić information content (AvgIpc) is 3.19. The van der Waals surface area contributed by atoms with Crippen LogP contribution >= 0.6 is 0 Å². The summed E-state index contributed by atoms with van der Waals surface area (Å²) in [7, 11) is 0. The van der Waals surface area contributed by atoms with E-state index in [9.17, 15) is 19.5 Å². The highest BCUT2D eigenvalue weighted by Crippen LogP contribution is 2.44. The average molecular weight is 475 g/mol. The Morgan fingerprint density at radius 1 is 0.914 bits per heavy atom. The van der Waals surface area contributed by atoms with Crippen molar-refractivity contribution < 1.29 is 29.3 Å². The number of ether oxygens (including phenoxy) is 1. The molecule has 0 spiro atoms. The lowest BCUT2D eigenvalue weighted by atomic mass is 9.98. The number of aliphatic hydroxyl groups excluding tert-OH is 1. The van der Waals surface area contributed by atoms with Crippen molar-refractivity contribution >= 4 is 23.7 Å². The number of amides is 2. The molecule has 0 radical (unpaired) electrons. The molecular weight excluding hydrogens is 448 g/mol. The number of aliphatic hydroxyl groups is 1. The maximum Gasteiger partial charge on any atom is 0.411 e.